The van der Waals surface area contributed by atoms with Crippen molar-refractivity contribution in [2.75, 3.05) is 38.8 Å². The molecular formula is C18H24N6O4. The van der Waals surface area contributed by atoms with E-state index in [9.17, 15) is 4.79 Å². The molecule has 10 nitrogen and oxygen atoms in total. The van der Waals surface area contributed by atoms with E-state index in [4.69, 9.17) is 14.2 Å². The molecule has 1 amide bonds. The van der Waals surface area contributed by atoms with E-state index >= 15 is 0 Å². The highest BCUT2D eigenvalue weighted by molar-refractivity contribution is 5.67. The number of nitrogens with one attached hydrogen (secondary N) is 1. The first kappa shape index (κ1) is 18.6. The van der Waals surface area contributed by atoms with Crippen molar-refractivity contribution in [3.05, 3.63) is 24.3 Å². The molecule has 0 unspecified atom stereocenters. The van der Waals surface area contributed by atoms with Gasteiger partial charge >= 0.3 is 6.09 Å². The summed E-state index contributed by atoms with van der Waals surface area (Å²) in [5, 5.41) is 14.8. The van der Waals surface area contributed by atoms with Crippen molar-refractivity contribution in [3.8, 4) is 11.4 Å². The Labute approximate surface area is 162 Å². The van der Waals surface area contributed by atoms with Gasteiger partial charge in [0.25, 0.3) is 0 Å². The van der Waals surface area contributed by atoms with Crippen molar-refractivity contribution in [2.45, 2.75) is 31.3 Å². The van der Waals surface area contributed by atoms with Crippen molar-refractivity contribution >= 4 is 11.8 Å². The van der Waals surface area contributed by atoms with Crippen LogP contribution in [-0.2, 0) is 14.2 Å². The topological polar surface area (TPSA) is 104 Å². The fourth-order valence-electron chi connectivity index (χ4n) is 3.59. The number of alkyl carbamates (subject to hydrolysis) is 1. The van der Waals surface area contributed by atoms with Crippen LogP contribution in [0.15, 0.2) is 24.3 Å². The number of hydrogen-bond acceptors (Lipinski definition) is 8. The van der Waals surface area contributed by atoms with E-state index < -0.39 is 12.2 Å². The molecule has 0 saturated carbocycles. The van der Waals surface area contributed by atoms with Gasteiger partial charge in [-0.2, -0.15) is 0 Å². The van der Waals surface area contributed by atoms with Gasteiger partial charge in [-0.25, -0.2) is 9.48 Å². The van der Waals surface area contributed by atoms with E-state index in [0.29, 0.717) is 19.0 Å². The molecule has 0 aliphatic carbocycles. The lowest BCUT2D eigenvalue weighted by atomic mass is 10.1. The van der Waals surface area contributed by atoms with Gasteiger partial charge in [-0.1, -0.05) is 0 Å². The van der Waals surface area contributed by atoms with Crippen LogP contribution in [0.3, 0.4) is 0 Å². The number of benzene rings is 1. The molecule has 4 atom stereocenters. The Hall–Kier alpha value is -2.72. The van der Waals surface area contributed by atoms with Crippen LogP contribution < -0.4 is 10.2 Å². The molecule has 2 aliphatic rings. The van der Waals surface area contributed by atoms with E-state index in [-0.39, 0.29) is 24.9 Å². The zero-order chi connectivity index (χ0) is 19.7. The molecule has 1 aromatic heterocycles. The molecule has 28 heavy (non-hydrogen) atoms. The van der Waals surface area contributed by atoms with E-state index in [1.54, 1.807) is 4.68 Å². The maximum Gasteiger partial charge on any atom is 0.407 e. The van der Waals surface area contributed by atoms with Gasteiger partial charge in [-0.05, 0) is 41.6 Å². The van der Waals surface area contributed by atoms with Crippen LogP contribution in [0.2, 0.25) is 0 Å². The number of carbonyl (C=O) groups is 1. The summed E-state index contributed by atoms with van der Waals surface area (Å²) in [6.07, 6.45) is -1.52. The first-order chi connectivity index (χ1) is 13.6. The SMILES string of the molecule is CCNC(=O)O[C@@H]1CO[C@H]2[C@@H]1OC[C@@H]2n1nnnc1-c1ccc(N(C)C)cc1. The predicted octanol–water partition coefficient (Wildman–Crippen LogP) is 0.860. The van der Waals surface area contributed by atoms with Gasteiger partial charge in [0.05, 0.1) is 13.2 Å². The van der Waals surface area contributed by atoms with E-state index in [2.05, 4.69) is 20.8 Å². The molecule has 3 heterocycles. The van der Waals surface area contributed by atoms with Crippen molar-refractivity contribution in [2.24, 2.45) is 0 Å². The molecule has 4 rings (SSSR count). The lowest BCUT2D eigenvalue weighted by molar-refractivity contribution is 0.00321. The van der Waals surface area contributed by atoms with Crippen LogP contribution in [0.25, 0.3) is 11.4 Å². The number of tetrazole rings is 1. The number of rotatable bonds is 5. The third-order valence-corrected chi connectivity index (χ3v) is 5.01. The van der Waals surface area contributed by atoms with Gasteiger partial charge in [-0.15, -0.1) is 5.10 Å². The van der Waals surface area contributed by atoms with Crippen LogP contribution in [-0.4, -0.2) is 78.5 Å². The molecule has 2 fully saturated rings. The van der Waals surface area contributed by atoms with Crippen molar-refractivity contribution in [3.63, 3.8) is 0 Å². The molecule has 1 aromatic carbocycles. The second-order valence-electron chi connectivity index (χ2n) is 7.03. The summed E-state index contributed by atoms with van der Waals surface area (Å²) in [6, 6.07) is 7.82. The first-order valence-electron chi connectivity index (χ1n) is 9.31. The van der Waals surface area contributed by atoms with Crippen LogP contribution >= 0.6 is 0 Å². The normalized spacial score (nSPS) is 26.1. The minimum Gasteiger partial charge on any atom is -0.441 e. The summed E-state index contributed by atoms with van der Waals surface area (Å²) < 4.78 is 18.9. The summed E-state index contributed by atoms with van der Waals surface area (Å²) in [4.78, 5) is 13.8. The standard InChI is InChI=1S/C18H24N6O4/c1-4-19-18(25)28-14-10-27-15-13(9-26-16(14)15)24-17(20-21-22-24)11-5-7-12(8-6-11)23(2)3/h5-8,13-16H,4,9-10H2,1-3H3,(H,19,25)/t13-,14+,15+,16+/m0/s1. The Bertz CT molecular complexity index is 824. The van der Waals surface area contributed by atoms with E-state index in [1.165, 1.54) is 0 Å². The summed E-state index contributed by atoms with van der Waals surface area (Å²) in [7, 11) is 3.98. The Kier molecular flexibility index (Phi) is 5.14. The summed E-state index contributed by atoms with van der Waals surface area (Å²) in [5.74, 6) is 0.649. The molecule has 0 radical (unpaired) electrons. The Morgan fingerprint density at radius 1 is 1.25 bits per heavy atom. The highest BCUT2D eigenvalue weighted by Crippen LogP contribution is 2.36. The molecular weight excluding hydrogens is 364 g/mol. The largest absolute Gasteiger partial charge is 0.441 e. The zero-order valence-electron chi connectivity index (χ0n) is 16.1. The second kappa shape index (κ2) is 7.72. The second-order valence-corrected chi connectivity index (χ2v) is 7.03. The monoisotopic (exact) mass is 388 g/mol. The van der Waals surface area contributed by atoms with Gasteiger partial charge < -0.3 is 24.4 Å². The molecule has 0 bridgehead atoms. The molecule has 150 valence electrons. The third kappa shape index (κ3) is 3.40. The van der Waals surface area contributed by atoms with Gasteiger partial charge in [0.15, 0.2) is 11.9 Å². The summed E-state index contributed by atoms with van der Waals surface area (Å²) >= 11 is 0. The Morgan fingerprint density at radius 2 is 2.00 bits per heavy atom. The average Bonchev–Trinajstić information content (AvgIpc) is 3.39. The number of aromatic nitrogens is 4. The van der Waals surface area contributed by atoms with Crippen LogP contribution in [0.5, 0.6) is 0 Å². The lowest BCUT2D eigenvalue weighted by Gasteiger charge is -2.18. The molecule has 0 spiro atoms. The number of anilines is 1. The van der Waals surface area contributed by atoms with Crippen LogP contribution in [0.4, 0.5) is 10.5 Å². The molecule has 1 N–H and O–H groups in total. The molecule has 2 aromatic rings. The first-order valence-corrected chi connectivity index (χ1v) is 9.31. The number of ether oxygens (including phenoxy) is 3. The minimum atomic E-state index is -0.465. The summed E-state index contributed by atoms with van der Waals surface area (Å²) in [5.41, 5.74) is 2.00. The molecule has 2 aliphatic heterocycles. The Morgan fingerprint density at radius 3 is 2.71 bits per heavy atom. The van der Waals surface area contributed by atoms with E-state index in [1.807, 2.05) is 50.2 Å². The van der Waals surface area contributed by atoms with Crippen LogP contribution in [0, 0.1) is 0 Å². The number of fused-ring (bicyclic) bond motifs is 1. The predicted molar refractivity (Wildman–Crippen MR) is 100 cm³/mol. The van der Waals surface area contributed by atoms with Crippen molar-refractivity contribution < 1.29 is 19.0 Å². The maximum absolute atomic E-state index is 11.7. The number of nitrogens with zero attached hydrogens (tertiary/aromatic N) is 5. The lowest BCUT2D eigenvalue weighted by Crippen LogP contribution is -2.37. The van der Waals surface area contributed by atoms with E-state index in [0.717, 1.165) is 11.3 Å². The fraction of sp³-hybridized carbons (Fsp3) is 0.556. The fourth-order valence-corrected chi connectivity index (χ4v) is 3.59. The zero-order valence-corrected chi connectivity index (χ0v) is 16.1. The Balaban J connectivity index is 1.51. The van der Waals surface area contributed by atoms with Gasteiger partial charge in [0.1, 0.15) is 18.2 Å². The highest BCUT2D eigenvalue weighted by Gasteiger charge is 2.51. The summed E-state index contributed by atoms with van der Waals surface area (Å²) in [6.45, 7) is 3.02. The molecule has 10 heteroatoms. The minimum absolute atomic E-state index is 0.189. The highest BCUT2D eigenvalue weighted by atomic mass is 16.6. The number of carbonyl (C=O) groups excluding carboxylic acids is 1. The number of amides is 1. The van der Waals surface area contributed by atoms with Crippen molar-refractivity contribution in [1.29, 1.82) is 0 Å². The quantitative estimate of drug-likeness (QED) is 0.804. The number of hydrogen-bond donors (Lipinski definition) is 1. The van der Waals surface area contributed by atoms with Crippen LogP contribution in [0.1, 0.15) is 13.0 Å². The van der Waals surface area contributed by atoms with Gasteiger partial charge in [0, 0.05) is 31.9 Å². The third-order valence-electron chi connectivity index (χ3n) is 5.01. The molecule has 2 saturated heterocycles. The smallest absolute Gasteiger partial charge is 0.407 e. The van der Waals surface area contributed by atoms with Crippen molar-refractivity contribution in [1.82, 2.24) is 25.5 Å². The average molecular weight is 388 g/mol. The van der Waals surface area contributed by atoms with Gasteiger partial charge in [0.2, 0.25) is 0 Å². The van der Waals surface area contributed by atoms with Gasteiger partial charge in [-0.3, -0.25) is 0 Å². The maximum atomic E-state index is 11.7.